The molecule has 120 valence electrons. The van der Waals surface area contributed by atoms with E-state index in [1.165, 1.54) is 13.0 Å². The van der Waals surface area contributed by atoms with E-state index in [0.29, 0.717) is 0 Å². The van der Waals surface area contributed by atoms with Crippen molar-refractivity contribution in [3.8, 4) is 0 Å². The van der Waals surface area contributed by atoms with Gasteiger partial charge in [0.05, 0.1) is 10.6 Å². The first-order valence-corrected chi connectivity index (χ1v) is 8.92. The minimum atomic E-state index is -4.84. The monoisotopic (exact) mass is 342 g/mol. The highest BCUT2D eigenvalue weighted by molar-refractivity contribution is 7.93. The molecule has 3 N–H and O–H groups in total. The smallest absolute Gasteiger partial charge is 0.278 e. The van der Waals surface area contributed by atoms with Gasteiger partial charge in [-0.05, 0) is 36.1 Å². The molecule has 0 heterocycles. The number of aryl methyl sites for hydroxylation is 1. The Balaban J connectivity index is 3.54. The van der Waals surface area contributed by atoms with Crippen molar-refractivity contribution in [2.45, 2.75) is 37.3 Å². The lowest BCUT2D eigenvalue weighted by atomic mass is 9.99. The molecule has 0 aliphatic heterocycles. The molecule has 0 saturated heterocycles. The number of nitrogens with two attached hydrogens (primary N) is 1. The quantitative estimate of drug-likeness (QED) is 0.850. The van der Waals surface area contributed by atoms with E-state index in [-0.39, 0.29) is 27.6 Å². The molecular weight excluding hydrogens is 326 g/mol. The van der Waals surface area contributed by atoms with E-state index in [1.807, 2.05) is 0 Å². The van der Waals surface area contributed by atoms with Crippen LogP contribution >= 0.6 is 0 Å². The molecule has 1 aromatic carbocycles. The maximum Gasteiger partial charge on any atom is 0.355 e. The largest absolute Gasteiger partial charge is 0.355 e. The van der Waals surface area contributed by atoms with Crippen LogP contribution < -0.4 is 9.86 Å². The van der Waals surface area contributed by atoms with Gasteiger partial charge < -0.3 is 0 Å². The van der Waals surface area contributed by atoms with E-state index < -0.39 is 25.8 Å². The Hall–Kier alpha value is -1.26. The van der Waals surface area contributed by atoms with Gasteiger partial charge in [0, 0.05) is 0 Å². The van der Waals surface area contributed by atoms with E-state index in [9.17, 15) is 25.6 Å². The highest BCUT2D eigenvalue weighted by Gasteiger charge is 2.27. The van der Waals surface area contributed by atoms with Crippen LogP contribution in [0.15, 0.2) is 17.0 Å². The average Bonchev–Trinajstić information content (AvgIpc) is 2.29. The van der Waals surface area contributed by atoms with Crippen LogP contribution in [0, 0.1) is 6.92 Å². The molecule has 0 aromatic heterocycles. The Morgan fingerprint density at radius 2 is 1.67 bits per heavy atom. The number of hydrogen-bond acceptors (Lipinski definition) is 4. The summed E-state index contributed by atoms with van der Waals surface area (Å²) in [6.07, 6.45) is 0. The van der Waals surface area contributed by atoms with Gasteiger partial charge in [-0.2, -0.15) is 8.78 Å². The number of nitrogens with one attached hydrogen (secondary N) is 1. The van der Waals surface area contributed by atoms with Crippen LogP contribution in [-0.4, -0.2) is 22.6 Å². The minimum Gasteiger partial charge on any atom is -0.278 e. The zero-order valence-electron chi connectivity index (χ0n) is 11.6. The molecule has 1 rings (SSSR count). The predicted octanol–water partition coefficient (Wildman–Crippen LogP) is 1.73. The number of halogens is 2. The third kappa shape index (κ3) is 4.11. The third-order valence-corrected chi connectivity index (χ3v) is 4.62. The molecule has 21 heavy (non-hydrogen) atoms. The molecule has 0 aliphatic rings. The lowest BCUT2D eigenvalue weighted by Gasteiger charge is -2.18. The van der Waals surface area contributed by atoms with Gasteiger partial charge in [-0.3, -0.25) is 4.72 Å². The van der Waals surface area contributed by atoms with E-state index >= 15 is 0 Å². The van der Waals surface area contributed by atoms with Crippen molar-refractivity contribution in [1.29, 1.82) is 0 Å². The van der Waals surface area contributed by atoms with E-state index in [0.717, 1.165) is 6.07 Å². The second-order valence-electron chi connectivity index (χ2n) is 4.81. The zero-order valence-corrected chi connectivity index (χ0v) is 13.2. The van der Waals surface area contributed by atoms with Gasteiger partial charge in [0.2, 0.25) is 10.0 Å². The summed E-state index contributed by atoms with van der Waals surface area (Å²) in [6, 6.07) is 2.31. The SMILES string of the molecule is Cc1cc(S(N)(=O)=O)cc(C(C)C)c1NS(=O)(=O)C(F)F. The third-order valence-electron chi connectivity index (χ3n) is 2.77. The molecule has 0 bridgehead atoms. The van der Waals surface area contributed by atoms with Crippen molar-refractivity contribution in [2.75, 3.05) is 4.72 Å². The van der Waals surface area contributed by atoms with Crippen LogP contribution in [-0.2, 0) is 20.0 Å². The normalized spacial score (nSPS) is 13.0. The summed E-state index contributed by atoms with van der Waals surface area (Å²) in [5.74, 6) is -3.89. The van der Waals surface area contributed by atoms with Gasteiger partial charge in [-0.25, -0.2) is 22.0 Å². The van der Waals surface area contributed by atoms with Crippen LogP contribution in [0.3, 0.4) is 0 Å². The second-order valence-corrected chi connectivity index (χ2v) is 8.02. The standard InChI is InChI=1S/C11H16F2N2O4S2/c1-6(2)9-5-8(20(14,16)17)4-7(3)10(9)15-21(18,19)11(12)13/h4-6,11,15H,1-3H3,(H2,14,16,17). The van der Waals surface area contributed by atoms with Crippen molar-refractivity contribution in [2.24, 2.45) is 5.14 Å². The average molecular weight is 342 g/mol. The van der Waals surface area contributed by atoms with Crippen molar-refractivity contribution in [1.82, 2.24) is 0 Å². The number of rotatable bonds is 5. The van der Waals surface area contributed by atoms with Crippen LogP contribution in [0.1, 0.15) is 30.9 Å². The molecule has 0 radical (unpaired) electrons. The molecule has 10 heteroatoms. The Labute approximate surface area is 122 Å². The van der Waals surface area contributed by atoms with E-state index in [4.69, 9.17) is 5.14 Å². The first-order chi connectivity index (χ1) is 9.36. The Kier molecular flexibility index (Phi) is 4.96. The van der Waals surface area contributed by atoms with Crippen LogP contribution in [0.4, 0.5) is 14.5 Å². The van der Waals surface area contributed by atoms with Crippen LogP contribution in [0.25, 0.3) is 0 Å². The second kappa shape index (κ2) is 5.85. The molecule has 0 amide bonds. The molecule has 0 fully saturated rings. The van der Waals surface area contributed by atoms with Crippen molar-refractivity contribution in [3.63, 3.8) is 0 Å². The zero-order chi connectivity index (χ0) is 16.6. The highest BCUT2D eigenvalue weighted by atomic mass is 32.2. The summed E-state index contributed by atoms with van der Waals surface area (Å²) in [5, 5.41) is 5.03. The van der Waals surface area contributed by atoms with Crippen molar-refractivity contribution < 1.29 is 25.6 Å². The first kappa shape index (κ1) is 17.8. The summed E-state index contributed by atoms with van der Waals surface area (Å²) < 4.78 is 72.1. The van der Waals surface area contributed by atoms with Crippen LogP contribution in [0.2, 0.25) is 0 Å². The number of anilines is 1. The summed E-state index contributed by atoms with van der Waals surface area (Å²) in [5.41, 5.74) is 0.399. The molecule has 0 spiro atoms. The Morgan fingerprint density at radius 1 is 1.14 bits per heavy atom. The van der Waals surface area contributed by atoms with Gasteiger partial charge in [0.15, 0.2) is 0 Å². The fourth-order valence-corrected chi connectivity index (χ4v) is 3.01. The fourth-order valence-electron chi connectivity index (χ4n) is 1.73. The summed E-state index contributed by atoms with van der Waals surface area (Å²) in [4.78, 5) is -0.205. The lowest BCUT2D eigenvalue weighted by Crippen LogP contribution is -2.22. The first-order valence-electron chi connectivity index (χ1n) is 5.83. The maximum absolute atomic E-state index is 12.5. The fraction of sp³-hybridized carbons (Fsp3) is 0.455. The number of sulfonamides is 2. The van der Waals surface area contributed by atoms with Gasteiger partial charge in [0.25, 0.3) is 10.0 Å². The molecule has 0 saturated carbocycles. The molecule has 0 unspecified atom stereocenters. The summed E-state index contributed by atoms with van der Waals surface area (Å²) in [7, 11) is -8.83. The molecule has 0 atom stereocenters. The van der Waals surface area contributed by atoms with Gasteiger partial charge >= 0.3 is 5.76 Å². The van der Waals surface area contributed by atoms with Gasteiger partial charge in [-0.15, -0.1) is 0 Å². The summed E-state index contributed by atoms with van der Waals surface area (Å²) in [6.45, 7) is 4.74. The number of benzene rings is 1. The minimum absolute atomic E-state index is 0.0577. The number of alkyl halides is 2. The Bertz CT molecular complexity index is 744. The topological polar surface area (TPSA) is 106 Å². The number of primary sulfonamides is 1. The maximum atomic E-state index is 12.5. The molecule has 1 aromatic rings. The van der Waals surface area contributed by atoms with E-state index in [2.05, 4.69) is 0 Å². The number of hydrogen-bond donors (Lipinski definition) is 2. The molecule has 6 nitrogen and oxygen atoms in total. The van der Waals surface area contributed by atoms with Crippen LogP contribution in [0.5, 0.6) is 0 Å². The van der Waals surface area contributed by atoms with E-state index in [1.54, 1.807) is 18.6 Å². The van der Waals surface area contributed by atoms with Crippen molar-refractivity contribution in [3.05, 3.63) is 23.3 Å². The molecular formula is C11H16F2N2O4S2. The van der Waals surface area contributed by atoms with Gasteiger partial charge in [-0.1, -0.05) is 13.8 Å². The van der Waals surface area contributed by atoms with Crippen molar-refractivity contribution >= 4 is 25.7 Å². The predicted molar refractivity (Wildman–Crippen MR) is 75.2 cm³/mol. The summed E-state index contributed by atoms with van der Waals surface area (Å²) >= 11 is 0. The lowest BCUT2D eigenvalue weighted by molar-refractivity contribution is 0.236. The Morgan fingerprint density at radius 3 is 2.05 bits per heavy atom. The highest BCUT2D eigenvalue weighted by Crippen LogP contribution is 2.32. The molecule has 0 aliphatic carbocycles. The van der Waals surface area contributed by atoms with Gasteiger partial charge in [0.1, 0.15) is 0 Å².